The average Bonchev–Trinajstić information content (AvgIpc) is 3.29. The Morgan fingerprint density at radius 2 is 1.72 bits per heavy atom. The molecule has 2 heterocycles. The van der Waals surface area contributed by atoms with Gasteiger partial charge in [0.05, 0.1) is 14.2 Å². The molecule has 29 heavy (non-hydrogen) atoms. The van der Waals surface area contributed by atoms with Gasteiger partial charge in [0.2, 0.25) is 5.75 Å². The Labute approximate surface area is 176 Å². The molecular formula is C21H17ClN2O4S. The number of benzene rings is 2. The SMILES string of the molecule is COc1cccc(OC)c1OC(=O)c1cc2c(-c3ccc(Cl)cc3)nn(C)c2s1. The number of aromatic nitrogens is 2. The van der Waals surface area contributed by atoms with E-state index in [1.165, 1.54) is 25.6 Å². The molecule has 0 fully saturated rings. The van der Waals surface area contributed by atoms with Crippen LogP contribution >= 0.6 is 22.9 Å². The summed E-state index contributed by atoms with van der Waals surface area (Å²) in [7, 11) is 4.86. The number of carbonyl (C=O) groups excluding carboxylic acids is 1. The largest absolute Gasteiger partial charge is 0.493 e. The summed E-state index contributed by atoms with van der Waals surface area (Å²) in [6.07, 6.45) is 0. The number of thiophene rings is 1. The first-order valence-corrected chi connectivity index (χ1v) is 9.87. The van der Waals surface area contributed by atoms with E-state index in [9.17, 15) is 4.79 Å². The number of fused-ring (bicyclic) bond motifs is 1. The van der Waals surface area contributed by atoms with E-state index in [0.717, 1.165) is 21.5 Å². The van der Waals surface area contributed by atoms with Crippen LogP contribution in [0.2, 0.25) is 5.02 Å². The highest BCUT2D eigenvalue weighted by Gasteiger charge is 2.22. The number of esters is 1. The molecule has 4 rings (SSSR count). The van der Waals surface area contributed by atoms with Crippen molar-refractivity contribution in [3.05, 3.63) is 58.4 Å². The molecule has 0 saturated carbocycles. The van der Waals surface area contributed by atoms with Crippen LogP contribution in [0.4, 0.5) is 0 Å². The maximum absolute atomic E-state index is 12.9. The van der Waals surface area contributed by atoms with E-state index in [2.05, 4.69) is 5.10 Å². The number of ether oxygens (including phenoxy) is 3. The Bertz CT molecular complexity index is 1180. The number of aryl methyl sites for hydroxylation is 1. The van der Waals surface area contributed by atoms with E-state index in [4.69, 9.17) is 25.8 Å². The number of para-hydroxylation sites is 1. The first kappa shape index (κ1) is 19.3. The summed E-state index contributed by atoms with van der Waals surface area (Å²) in [6, 6.07) is 14.4. The van der Waals surface area contributed by atoms with Crippen LogP contribution in [0.3, 0.4) is 0 Å². The molecule has 0 unspecified atom stereocenters. The Hall–Kier alpha value is -3.03. The molecule has 4 aromatic rings. The summed E-state index contributed by atoms with van der Waals surface area (Å²) in [5.41, 5.74) is 1.70. The second-order valence-electron chi connectivity index (χ2n) is 6.19. The van der Waals surface area contributed by atoms with Crippen molar-refractivity contribution in [3.8, 4) is 28.5 Å². The Morgan fingerprint density at radius 3 is 2.34 bits per heavy atom. The molecular weight excluding hydrogens is 412 g/mol. The lowest BCUT2D eigenvalue weighted by molar-refractivity contribution is 0.0729. The minimum Gasteiger partial charge on any atom is -0.493 e. The molecule has 0 atom stereocenters. The molecule has 8 heteroatoms. The van der Waals surface area contributed by atoms with Gasteiger partial charge in [-0.2, -0.15) is 5.10 Å². The molecule has 0 spiro atoms. The first-order chi connectivity index (χ1) is 14.0. The second-order valence-corrected chi connectivity index (χ2v) is 7.66. The van der Waals surface area contributed by atoms with Crippen LogP contribution in [0.5, 0.6) is 17.2 Å². The fourth-order valence-electron chi connectivity index (χ4n) is 3.02. The summed E-state index contributed by atoms with van der Waals surface area (Å²) in [6.45, 7) is 0. The third-order valence-electron chi connectivity index (χ3n) is 4.41. The first-order valence-electron chi connectivity index (χ1n) is 8.67. The van der Waals surface area contributed by atoms with Gasteiger partial charge in [0, 0.05) is 23.0 Å². The molecule has 2 aromatic heterocycles. The van der Waals surface area contributed by atoms with Gasteiger partial charge in [-0.25, -0.2) is 4.79 Å². The topological polar surface area (TPSA) is 62.6 Å². The standard InChI is InChI=1S/C21H17ClN2O4S/c1-24-20-14(18(23-24)12-7-9-13(22)10-8-12)11-17(29-20)21(25)28-19-15(26-2)5-4-6-16(19)27-3/h4-11H,1-3H3. The van der Waals surface area contributed by atoms with Crippen molar-refractivity contribution < 1.29 is 19.0 Å². The van der Waals surface area contributed by atoms with Crippen LogP contribution in [0.1, 0.15) is 9.67 Å². The van der Waals surface area contributed by atoms with Gasteiger partial charge in [-0.15, -0.1) is 11.3 Å². The summed E-state index contributed by atoms with van der Waals surface area (Å²) < 4.78 is 18.0. The van der Waals surface area contributed by atoms with Gasteiger partial charge in [-0.1, -0.05) is 29.8 Å². The monoisotopic (exact) mass is 428 g/mol. The van der Waals surface area contributed by atoms with Gasteiger partial charge in [-0.05, 0) is 30.3 Å². The zero-order valence-electron chi connectivity index (χ0n) is 15.9. The number of carbonyl (C=O) groups is 1. The van der Waals surface area contributed by atoms with Crippen LogP contribution in [-0.4, -0.2) is 30.0 Å². The minimum atomic E-state index is -0.490. The van der Waals surface area contributed by atoms with Gasteiger partial charge in [0.15, 0.2) is 11.5 Å². The van der Waals surface area contributed by atoms with Crippen molar-refractivity contribution in [1.82, 2.24) is 9.78 Å². The molecule has 0 N–H and O–H groups in total. The second kappa shape index (κ2) is 7.77. The van der Waals surface area contributed by atoms with Crippen LogP contribution < -0.4 is 14.2 Å². The van der Waals surface area contributed by atoms with E-state index >= 15 is 0 Å². The molecule has 0 aliphatic heterocycles. The molecule has 148 valence electrons. The summed E-state index contributed by atoms with van der Waals surface area (Å²) in [5.74, 6) is 0.594. The van der Waals surface area contributed by atoms with Crippen molar-refractivity contribution in [3.63, 3.8) is 0 Å². The maximum Gasteiger partial charge on any atom is 0.354 e. The molecule has 0 aliphatic rings. The molecule has 0 bridgehead atoms. The lowest BCUT2D eigenvalue weighted by Crippen LogP contribution is -2.08. The van der Waals surface area contributed by atoms with Crippen molar-refractivity contribution >= 4 is 39.1 Å². The Balaban J connectivity index is 1.72. The third-order valence-corrected chi connectivity index (χ3v) is 5.84. The number of nitrogens with zero attached hydrogens (tertiary/aromatic N) is 2. The smallest absolute Gasteiger partial charge is 0.354 e. The Morgan fingerprint density at radius 1 is 1.07 bits per heavy atom. The van der Waals surface area contributed by atoms with E-state index in [1.54, 1.807) is 28.9 Å². The van der Waals surface area contributed by atoms with Gasteiger partial charge in [-0.3, -0.25) is 4.68 Å². The maximum atomic E-state index is 12.9. The normalized spacial score (nSPS) is 10.9. The van der Waals surface area contributed by atoms with Crippen molar-refractivity contribution in [2.75, 3.05) is 14.2 Å². The summed E-state index contributed by atoms with van der Waals surface area (Å²) in [4.78, 5) is 14.2. The number of hydrogen-bond donors (Lipinski definition) is 0. The van der Waals surface area contributed by atoms with E-state index in [-0.39, 0.29) is 5.75 Å². The summed E-state index contributed by atoms with van der Waals surface area (Å²) in [5, 5.41) is 6.11. The van der Waals surface area contributed by atoms with E-state index in [0.29, 0.717) is 21.4 Å². The zero-order chi connectivity index (χ0) is 20.5. The number of methoxy groups -OCH3 is 2. The van der Waals surface area contributed by atoms with Gasteiger partial charge in [0.25, 0.3) is 0 Å². The van der Waals surface area contributed by atoms with E-state index in [1.807, 2.05) is 31.3 Å². The molecule has 0 aliphatic carbocycles. The highest BCUT2D eigenvalue weighted by Crippen LogP contribution is 2.39. The number of hydrogen-bond acceptors (Lipinski definition) is 6. The predicted octanol–water partition coefficient (Wildman–Crippen LogP) is 5.19. The average molecular weight is 429 g/mol. The lowest BCUT2D eigenvalue weighted by Gasteiger charge is -2.12. The third kappa shape index (κ3) is 3.54. The fourth-order valence-corrected chi connectivity index (χ4v) is 4.10. The van der Waals surface area contributed by atoms with Crippen molar-refractivity contribution in [1.29, 1.82) is 0 Å². The predicted molar refractivity (Wildman–Crippen MR) is 114 cm³/mol. The Kier molecular flexibility index (Phi) is 5.17. The number of halogens is 1. The van der Waals surface area contributed by atoms with Gasteiger partial charge >= 0.3 is 5.97 Å². The minimum absolute atomic E-state index is 0.246. The lowest BCUT2D eigenvalue weighted by atomic mass is 10.1. The molecule has 6 nitrogen and oxygen atoms in total. The van der Waals surface area contributed by atoms with Crippen LogP contribution in [0, 0.1) is 0 Å². The number of rotatable bonds is 5. The van der Waals surface area contributed by atoms with Crippen molar-refractivity contribution in [2.45, 2.75) is 0 Å². The molecule has 0 amide bonds. The molecule has 0 radical (unpaired) electrons. The van der Waals surface area contributed by atoms with Crippen LogP contribution in [-0.2, 0) is 7.05 Å². The van der Waals surface area contributed by atoms with E-state index < -0.39 is 5.97 Å². The van der Waals surface area contributed by atoms with Gasteiger partial charge in [0.1, 0.15) is 15.4 Å². The quantitative estimate of drug-likeness (QED) is 0.323. The zero-order valence-corrected chi connectivity index (χ0v) is 17.5. The molecule has 0 saturated heterocycles. The van der Waals surface area contributed by atoms with Crippen LogP contribution in [0.15, 0.2) is 48.5 Å². The van der Waals surface area contributed by atoms with Gasteiger partial charge < -0.3 is 14.2 Å². The fraction of sp³-hybridized carbons (Fsp3) is 0.143. The molecule has 2 aromatic carbocycles. The van der Waals surface area contributed by atoms with Crippen LogP contribution in [0.25, 0.3) is 21.5 Å². The highest BCUT2D eigenvalue weighted by atomic mass is 35.5. The van der Waals surface area contributed by atoms with Crippen molar-refractivity contribution in [2.24, 2.45) is 7.05 Å². The summed E-state index contributed by atoms with van der Waals surface area (Å²) >= 11 is 7.30. The highest BCUT2D eigenvalue weighted by molar-refractivity contribution is 7.20.